The molecule has 1 heterocycles. The highest BCUT2D eigenvalue weighted by Crippen LogP contribution is 2.32. The lowest BCUT2D eigenvalue weighted by Crippen LogP contribution is -2.15. The van der Waals surface area contributed by atoms with Crippen LogP contribution in [0, 0.1) is 0 Å². The first-order valence-electron chi connectivity index (χ1n) is 4.52. The smallest absolute Gasteiger partial charge is 0.186 e. The van der Waals surface area contributed by atoms with E-state index in [9.17, 15) is 0 Å². The van der Waals surface area contributed by atoms with Gasteiger partial charge in [-0.15, -0.1) is 0 Å². The molecule has 0 spiro atoms. The molecule has 0 radical (unpaired) electrons. The highest BCUT2D eigenvalue weighted by molar-refractivity contribution is 7.99. The monoisotopic (exact) mass is 198 g/mol. The molecular weight excluding hydrogens is 184 g/mol. The highest BCUT2D eigenvalue weighted by atomic mass is 32.2. The number of nitrogens with two attached hydrogens (primary N) is 1. The van der Waals surface area contributed by atoms with E-state index in [0.717, 1.165) is 18.0 Å². The second-order valence-corrected chi connectivity index (χ2v) is 4.75. The van der Waals surface area contributed by atoms with Gasteiger partial charge in [0.15, 0.2) is 5.16 Å². The first-order chi connectivity index (χ1) is 6.25. The molecule has 0 saturated heterocycles. The van der Waals surface area contributed by atoms with E-state index in [1.807, 2.05) is 11.7 Å². The minimum Gasteiger partial charge on any atom is -0.328 e. The minimum absolute atomic E-state index is 0.394. The molecule has 0 amide bonds. The Kier molecular flexibility index (Phi) is 2.55. The van der Waals surface area contributed by atoms with Crippen LogP contribution in [0.2, 0.25) is 0 Å². The maximum Gasteiger partial charge on any atom is 0.186 e. The molecule has 0 bridgehead atoms. The van der Waals surface area contributed by atoms with Gasteiger partial charge in [0, 0.05) is 18.3 Å². The van der Waals surface area contributed by atoms with Gasteiger partial charge in [-0.05, 0) is 19.3 Å². The average molecular weight is 198 g/mol. The van der Waals surface area contributed by atoms with Gasteiger partial charge in [0.1, 0.15) is 6.33 Å². The SMILES string of the molecule is Cn1ncnc1SC1CCC(N)C1. The first-order valence-corrected chi connectivity index (χ1v) is 5.40. The predicted octanol–water partition coefficient (Wildman–Crippen LogP) is 0.787. The van der Waals surface area contributed by atoms with E-state index < -0.39 is 0 Å². The lowest BCUT2D eigenvalue weighted by atomic mass is 10.3. The molecule has 2 N–H and O–H groups in total. The van der Waals surface area contributed by atoms with Crippen molar-refractivity contribution >= 4 is 11.8 Å². The molecule has 13 heavy (non-hydrogen) atoms. The number of aryl methyl sites for hydroxylation is 1. The van der Waals surface area contributed by atoms with Gasteiger partial charge in [0.05, 0.1) is 0 Å². The third kappa shape index (κ3) is 2.03. The lowest BCUT2D eigenvalue weighted by Gasteiger charge is -2.07. The van der Waals surface area contributed by atoms with Gasteiger partial charge in [0.25, 0.3) is 0 Å². The molecule has 2 atom stereocenters. The Balaban J connectivity index is 1.95. The van der Waals surface area contributed by atoms with Gasteiger partial charge in [-0.2, -0.15) is 5.10 Å². The predicted molar refractivity (Wildman–Crippen MR) is 52.5 cm³/mol. The Morgan fingerprint density at radius 2 is 2.46 bits per heavy atom. The maximum absolute atomic E-state index is 5.84. The van der Waals surface area contributed by atoms with Crippen molar-refractivity contribution in [3.63, 3.8) is 0 Å². The summed E-state index contributed by atoms with van der Waals surface area (Å²) in [5.74, 6) is 0. The summed E-state index contributed by atoms with van der Waals surface area (Å²) in [4.78, 5) is 4.18. The van der Waals surface area contributed by atoms with Crippen molar-refractivity contribution in [3.8, 4) is 0 Å². The summed E-state index contributed by atoms with van der Waals surface area (Å²) in [6.07, 6.45) is 5.06. The summed E-state index contributed by atoms with van der Waals surface area (Å²) < 4.78 is 1.81. The van der Waals surface area contributed by atoms with Crippen LogP contribution in [-0.4, -0.2) is 26.1 Å². The van der Waals surface area contributed by atoms with Gasteiger partial charge in [0.2, 0.25) is 0 Å². The zero-order valence-electron chi connectivity index (χ0n) is 7.68. The summed E-state index contributed by atoms with van der Waals surface area (Å²) in [5.41, 5.74) is 5.84. The Morgan fingerprint density at radius 1 is 1.62 bits per heavy atom. The largest absolute Gasteiger partial charge is 0.328 e. The summed E-state index contributed by atoms with van der Waals surface area (Å²) >= 11 is 1.80. The molecule has 1 aromatic rings. The molecule has 5 heteroatoms. The van der Waals surface area contributed by atoms with Gasteiger partial charge in [-0.3, -0.25) is 0 Å². The number of rotatable bonds is 2. The van der Waals surface area contributed by atoms with Gasteiger partial charge in [-0.1, -0.05) is 11.8 Å². The quantitative estimate of drug-likeness (QED) is 0.763. The third-order valence-electron chi connectivity index (χ3n) is 2.37. The van der Waals surface area contributed by atoms with Gasteiger partial charge in [-0.25, -0.2) is 9.67 Å². The molecule has 1 aromatic heterocycles. The van der Waals surface area contributed by atoms with Crippen LogP contribution in [0.15, 0.2) is 11.5 Å². The first kappa shape index (κ1) is 9.02. The topological polar surface area (TPSA) is 56.7 Å². The maximum atomic E-state index is 5.84. The molecule has 1 aliphatic rings. The van der Waals surface area contributed by atoms with E-state index in [1.54, 1.807) is 18.1 Å². The average Bonchev–Trinajstić information content (AvgIpc) is 2.64. The fraction of sp³-hybridized carbons (Fsp3) is 0.750. The van der Waals surface area contributed by atoms with Crippen molar-refractivity contribution in [1.29, 1.82) is 0 Å². The van der Waals surface area contributed by atoms with E-state index in [4.69, 9.17) is 5.73 Å². The fourth-order valence-electron chi connectivity index (χ4n) is 1.62. The summed E-state index contributed by atoms with van der Waals surface area (Å²) in [7, 11) is 1.92. The van der Waals surface area contributed by atoms with Gasteiger partial charge >= 0.3 is 0 Å². The van der Waals surface area contributed by atoms with Crippen LogP contribution in [0.5, 0.6) is 0 Å². The highest BCUT2D eigenvalue weighted by Gasteiger charge is 2.23. The number of hydrogen-bond acceptors (Lipinski definition) is 4. The van der Waals surface area contributed by atoms with Crippen molar-refractivity contribution < 1.29 is 0 Å². The molecular formula is C8H14N4S. The van der Waals surface area contributed by atoms with Crippen molar-refractivity contribution in [1.82, 2.24) is 14.8 Å². The van der Waals surface area contributed by atoms with E-state index in [-0.39, 0.29) is 0 Å². The van der Waals surface area contributed by atoms with Crippen molar-refractivity contribution in [2.75, 3.05) is 0 Å². The number of nitrogens with zero attached hydrogens (tertiary/aromatic N) is 3. The van der Waals surface area contributed by atoms with Crippen molar-refractivity contribution in [2.24, 2.45) is 12.8 Å². The summed E-state index contributed by atoms with van der Waals surface area (Å²) in [5, 5.41) is 5.67. The van der Waals surface area contributed by atoms with E-state index in [2.05, 4.69) is 10.1 Å². The second kappa shape index (κ2) is 3.67. The molecule has 1 aliphatic carbocycles. The molecule has 0 aliphatic heterocycles. The Morgan fingerprint density at radius 3 is 3.00 bits per heavy atom. The van der Waals surface area contributed by atoms with Crippen LogP contribution >= 0.6 is 11.8 Å². The Hall–Kier alpha value is -0.550. The molecule has 1 saturated carbocycles. The number of aromatic nitrogens is 3. The molecule has 2 rings (SSSR count). The zero-order valence-corrected chi connectivity index (χ0v) is 8.50. The van der Waals surface area contributed by atoms with Gasteiger partial charge < -0.3 is 5.73 Å². The molecule has 1 fully saturated rings. The van der Waals surface area contributed by atoms with Crippen LogP contribution in [0.4, 0.5) is 0 Å². The zero-order chi connectivity index (χ0) is 9.26. The molecule has 72 valence electrons. The standard InChI is InChI=1S/C8H14N4S/c1-12-8(10-5-11-12)13-7-3-2-6(9)4-7/h5-7H,2-4,9H2,1H3. The Bertz CT molecular complexity index is 285. The lowest BCUT2D eigenvalue weighted by molar-refractivity contribution is 0.680. The Labute approximate surface area is 81.9 Å². The second-order valence-electron chi connectivity index (χ2n) is 3.48. The van der Waals surface area contributed by atoms with E-state index in [1.165, 1.54) is 6.42 Å². The van der Waals surface area contributed by atoms with Crippen LogP contribution < -0.4 is 5.73 Å². The van der Waals surface area contributed by atoms with Crippen LogP contribution in [-0.2, 0) is 7.05 Å². The van der Waals surface area contributed by atoms with Crippen molar-refractivity contribution in [3.05, 3.63) is 6.33 Å². The minimum atomic E-state index is 0.394. The van der Waals surface area contributed by atoms with Crippen LogP contribution in [0.25, 0.3) is 0 Å². The number of thioether (sulfide) groups is 1. The van der Waals surface area contributed by atoms with Crippen LogP contribution in [0.1, 0.15) is 19.3 Å². The van der Waals surface area contributed by atoms with Crippen molar-refractivity contribution in [2.45, 2.75) is 35.7 Å². The summed E-state index contributed by atoms with van der Waals surface area (Å²) in [6.45, 7) is 0. The number of hydrogen-bond donors (Lipinski definition) is 1. The van der Waals surface area contributed by atoms with E-state index >= 15 is 0 Å². The molecule has 4 nitrogen and oxygen atoms in total. The molecule has 0 aromatic carbocycles. The normalized spacial score (nSPS) is 28.2. The third-order valence-corrected chi connectivity index (χ3v) is 3.71. The summed E-state index contributed by atoms with van der Waals surface area (Å²) in [6, 6.07) is 0.394. The van der Waals surface area contributed by atoms with Crippen LogP contribution in [0.3, 0.4) is 0 Å². The molecule has 2 unspecified atom stereocenters. The van der Waals surface area contributed by atoms with E-state index in [0.29, 0.717) is 11.3 Å². The fourth-order valence-corrected chi connectivity index (χ4v) is 2.82.